The Hall–Kier alpha value is -1.66. The number of rotatable bonds is 4. The van der Waals surface area contributed by atoms with Gasteiger partial charge in [-0.25, -0.2) is 4.68 Å². The maximum Gasteiger partial charge on any atom is 0.308 e. The highest BCUT2D eigenvalue weighted by molar-refractivity contribution is 6.43. The van der Waals surface area contributed by atoms with Crippen LogP contribution in [0.1, 0.15) is 6.92 Å². The van der Waals surface area contributed by atoms with Crippen molar-refractivity contribution in [3.8, 4) is 11.4 Å². The molecule has 0 saturated carbocycles. The second kappa shape index (κ2) is 5.54. The summed E-state index contributed by atoms with van der Waals surface area (Å²) in [5, 5.41) is 20.8. The van der Waals surface area contributed by atoms with E-state index in [2.05, 4.69) is 15.5 Å². The van der Waals surface area contributed by atoms with E-state index in [1.165, 1.54) is 4.68 Å². The molecule has 1 aromatic heterocycles. The Morgan fingerprint density at radius 3 is 2.89 bits per heavy atom. The molecule has 0 aliphatic rings. The molecule has 0 radical (unpaired) electrons. The van der Waals surface area contributed by atoms with Crippen molar-refractivity contribution in [2.45, 2.75) is 13.5 Å². The van der Waals surface area contributed by atoms with Crippen LogP contribution in [0.25, 0.3) is 11.4 Å². The molecule has 0 amide bonds. The Bertz CT molecular complexity index is 614. The first kappa shape index (κ1) is 13.8. The maximum absolute atomic E-state index is 10.9. The largest absolute Gasteiger partial charge is 0.481 e. The van der Waals surface area contributed by atoms with Crippen LogP contribution in [0, 0.1) is 5.92 Å². The first-order valence-electron chi connectivity index (χ1n) is 5.44. The molecule has 0 bridgehead atoms. The highest BCUT2D eigenvalue weighted by atomic mass is 35.5. The molecule has 0 spiro atoms. The molecular formula is C11H10Cl2N4O2. The summed E-state index contributed by atoms with van der Waals surface area (Å²) in [6.07, 6.45) is 0. The molecule has 0 aliphatic heterocycles. The minimum atomic E-state index is -0.918. The molecule has 1 atom stereocenters. The number of hydrogen-bond acceptors (Lipinski definition) is 4. The summed E-state index contributed by atoms with van der Waals surface area (Å²) in [6, 6.07) is 5.10. The van der Waals surface area contributed by atoms with Gasteiger partial charge in [-0.05, 0) is 22.6 Å². The summed E-state index contributed by atoms with van der Waals surface area (Å²) in [6.45, 7) is 1.73. The molecule has 100 valence electrons. The predicted octanol–water partition coefficient (Wildman–Crippen LogP) is 2.37. The van der Waals surface area contributed by atoms with Crippen LogP contribution in [-0.4, -0.2) is 31.3 Å². The number of halogens is 2. The predicted molar refractivity (Wildman–Crippen MR) is 70.1 cm³/mol. The van der Waals surface area contributed by atoms with Crippen molar-refractivity contribution in [3.63, 3.8) is 0 Å². The molecule has 1 aromatic carbocycles. The van der Waals surface area contributed by atoms with Gasteiger partial charge in [0.05, 0.1) is 22.5 Å². The third kappa shape index (κ3) is 2.85. The topological polar surface area (TPSA) is 80.9 Å². The van der Waals surface area contributed by atoms with Crippen LogP contribution in [-0.2, 0) is 11.3 Å². The van der Waals surface area contributed by atoms with Crippen LogP contribution in [0.4, 0.5) is 0 Å². The average Bonchev–Trinajstić information content (AvgIpc) is 2.80. The molecule has 0 fully saturated rings. The minimum absolute atomic E-state index is 0.153. The van der Waals surface area contributed by atoms with E-state index in [1.54, 1.807) is 25.1 Å². The fourth-order valence-corrected chi connectivity index (χ4v) is 1.92. The van der Waals surface area contributed by atoms with Crippen LogP contribution in [0.5, 0.6) is 0 Å². The SMILES string of the molecule is CC(Cn1nnnc1-c1cccc(Cl)c1Cl)C(=O)O. The van der Waals surface area contributed by atoms with Gasteiger partial charge in [0, 0.05) is 5.56 Å². The Morgan fingerprint density at radius 2 is 2.21 bits per heavy atom. The van der Waals surface area contributed by atoms with Crippen LogP contribution in [0.2, 0.25) is 10.0 Å². The summed E-state index contributed by atoms with van der Waals surface area (Å²) >= 11 is 12.0. The number of carbonyl (C=O) groups is 1. The summed E-state index contributed by atoms with van der Waals surface area (Å²) < 4.78 is 1.40. The molecule has 1 N–H and O–H groups in total. The molecular weight excluding hydrogens is 291 g/mol. The van der Waals surface area contributed by atoms with Crippen molar-refractivity contribution in [2.75, 3.05) is 0 Å². The lowest BCUT2D eigenvalue weighted by Gasteiger charge is -2.09. The lowest BCUT2D eigenvalue weighted by atomic mass is 10.1. The van der Waals surface area contributed by atoms with Gasteiger partial charge in [0.1, 0.15) is 0 Å². The second-order valence-corrected chi connectivity index (χ2v) is 4.81. The standard InChI is InChI=1S/C11H10Cl2N4O2/c1-6(11(18)19)5-17-10(14-15-16-17)7-3-2-4-8(12)9(7)13/h2-4,6H,5H2,1H3,(H,18,19). The fraction of sp³-hybridized carbons (Fsp3) is 0.273. The van der Waals surface area contributed by atoms with Crippen molar-refractivity contribution in [2.24, 2.45) is 5.92 Å². The fourth-order valence-electron chi connectivity index (χ4n) is 1.53. The number of hydrogen-bond donors (Lipinski definition) is 1. The van der Waals surface area contributed by atoms with E-state index in [9.17, 15) is 4.79 Å². The average molecular weight is 301 g/mol. The number of carboxylic acids is 1. The van der Waals surface area contributed by atoms with Crippen molar-refractivity contribution in [1.29, 1.82) is 0 Å². The molecule has 8 heteroatoms. The quantitative estimate of drug-likeness (QED) is 0.937. The third-order valence-corrected chi connectivity index (χ3v) is 3.41. The second-order valence-electron chi connectivity index (χ2n) is 4.03. The van der Waals surface area contributed by atoms with Gasteiger partial charge < -0.3 is 5.11 Å². The van der Waals surface area contributed by atoms with E-state index < -0.39 is 11.9 Å². The molecule has 2 rings (SSSR count). The van der Waals surface area contributed by atoms with Crippen molar-refractivity contribution in [1.82, 2.24) is 20.2 Å². The normalized spacial score (nSPS) is 12.4. The highest BCUT2D eigenvalue weighted by Crippen LogP contribution is 2.32. The molecule has 1 heterocycles. The molecule has 6 nitrogen and oxygen atoms in total. The smallest absolute Gasteiger partial charge is 0.308 e. The van der Waals surface area contributed by atoms with Gasteiger partial charge in [0.2, 0.25) is 0 Å². The molecule has 2 aromatic rings. The molecule has 19 heavy (non-hydrogen) atoms. The van der Waals surface area contributed by atoms with E-state index in [0.717, 1.165) is 0 Å². The van der Waals surface area contributed by atoms with Crippen LogP contribution in [0.3, 0.4) is 0 Å². The number of tetrazole rings is 1. The summed E-state index contributed by atoms with van der Waals surface area (Å²) in [5.74, 6) is -1.14. The molecule has 0 aliphatic carbocycles. The first-order chi connectivity index (χ1) is 9.00. The highest BCUT2D eigenvalue weighted by Gasteiger charge is 2.18. The summed E-state index contributed by atoms with van der Waals surface area (Å²) in [4.78, 5) is 10.9. The number of nitrogens with zero attached hydrogens (tertiary/aromatic N) is 4. The van der Waals surface area contributed by atoms with Gasteiger partial charge in [-0.1, -0.05) is 36.2 Å². The monoisotopic (exact) mass is 300 g/mol. The number of aliphatic carboxylic acids is 1. The maximum atomic E-state index is 10.9. The Labute approximate surface area is 118 Å². The number of benzene rings is 1. The lowest BCUT2D eigenvalue weighted by molar-refractivity contribution is -0.141. The van der Waals surface area contributed by atoms with Crippen LogP contribution < -0.4 is 0 Å². The zero-order chi connectivity index (χ0) is 14.0. The van der Waals surface area contributed by atoms with Crippen LogP contribution >= 0.6 is 23.2 Å². The van der Waals surface area contributed by atoms with E-state index in [0.29, 0.717) is 21.4 Å². The zero-order valence-corrected chi connectivity index (χ0v) is 11.4. The first-order valence-corrected chi connectivity index (χ1v) is 6.19. The van der Waals surface area contributed by atoms with E-state index in [-0.39, 0.29) is 6.54 Å². The number of aromatic nitrogens is 4. The van der Waals surface area contributed by atoms with Gasteiger partial charge in [0.25, 0.3) is 0 Å². The van der Waals surface area contributed by atoms with E-state index in [4.69, 9.17) is 28.3 Å². The Kier molecular flexibility index (Phi) is 4.01. The summed E-state index contributed by atoms with van der Waals surface area (Å²) in [7, 11) is 0. The van der Waals surface area contributed by atoms with Gasteiger partial charge in [-0.2, -0.15) is 0 Å². The van der Waals surface area contributed by atoms with Gasteiger partial charge in [-0.3, -0.25) is 4.79 Å². The molecule has 1 unspecified atom stereocenters. The van der Waals surface area contributed by atoms with Crippen molar-refractivity contribution < 1.29 is 9.90 Å². The van der Waals surface area contributed by atoms with E-state index >= 15 is 0 Å². The Morgan fingerprint density at radius 1 is 1.47 bits per heavy atom. The number of carboxylic acid groups (broad SMARTS) is 1. The van der Waals surface area contributed by atoms with E-state index in [1.807, 2.05) is 0 Å². The van der Waals surface area contributed by atoms with Crippen LogP contribution in [0.15, 0.2) is 18.2 Å². The van der Waals surface area contributed by atoms with Gasteiger partial charge in [0.15, 0.2) is 5.82 Å². The Balaban J connectivity index is 2.39. The van der Waals surface area contributed by atoms with Gasteiger partial charge >= 0.3 is 5.97 Å². The third-order valence-electron chi connectivity index (χ3n) is 2.59. The summed E-state index contributed by atoms with van der Waals surface area (Å²) in [5.41, 5.74) is 0.566. The van der Waals surface area contributed by atoms with Crippen molar-refractivity contribution in [3.05, 3.63) is 28.2 Å². The molecule has 0 saturated heterocycles. The lowest BCUT2D eigenvalue weighted by Crippen LogP contribution is -2.18. The van der Waals surface area contributed by atoms with Crippen molar-refractivity contribution >= 4 is 29.2 Å². The van der Waals surface area contributed by atoms with Gasteiger partial charge in [-0.15, -0.1) is 5.10 Å². The minimum Gasteiger partial charge on any atom is -0.481 e. The zero-order valence-electron chi connectivity index (χ0n) is 9.92.